The van der Waals surface area contributed by atoms with Gasteiger partial charge in [0.2, 0.25) is 0 Å². The van der Waals surface area contributed by atoms with E-state index in [1.807, 2.05) is 6.92 Å². The van der Waals surface area contributed by atoms with Crippen LogP contribution < -0.4 is 4.74 Å². The highest BCUT2D eigenvalue weighted by Gasteiger charge is 2.10. The van der Waals surface area contributed by atoms with E-state index in [0.717, 1.165) is 18.4 Å². The van der Waals surface area contributed by atoms with Gasteiger partial charge in [-0.3, -0.25) is 0 Å². The molecule has 0 radical (unpaired) electrons. The molecule has 0 unspecified atom stereocenters. The Hall–Kier alpha value is -1.51. The summed E-state index contributed by atoms with van der Waals surface area (Å²) < 4.78 is 5.55. The predicted molar refractivity (Wildman–Crippen MR) is 67.7 cm³/mol. The third-order valence-electron chi connectivity index (χ3n) is 2.55. The molecule has 0 heterocycles. The van der Waals surface area contributed by atoms with Crippen LogP contribution in [0.3, 0.4) is 0 Å². The van der Waals surface area contributed by atoms with Gasteiger partial charge < -0.3 is 9.84 Å². The van der Waals surface area contributed by atoms with Crippen molar-refractivity contribution >= 4 is 5.97 Å². The molecule has 0 bridgehead atoms. The van der Waals surface area contributed by atoms with Gasteiger partial charge in [0.05, 0.1) is 6.61 Å². The van der Waals surface area contributed by atoms with E-state index in [2.05, 4.69) is 13.8 Å². The molecule has 0 fully saturated rings. The summed E-state index contributed by atoms with van der Waals surface area (Å²) in [5.74, 6) is 0.181. The van der Waals surface area contributed by atoms with Crippen LogP contribution in [-0.4, -0.2) is 17.7 Å². The summed E-state index contributed by atoms with van der Waals surface area (Å²) in [6.07, 6.45) is 2.04. The minimum Gasteiger partial charge on any atom is -0.493 e. The molecule has 94 valence electrons. The van der Waals surface area contributed by atoms with Crippen molar-refractivity contribution in [2.75, 3.05) is 6.61 Å². The molecule has 17 heavy (non-hydrogen) atoms. The van der Waals surface area contributed by atoms with Crippen LogP contribution in [0.2, 0.25) is 0 Å². The molecule has 0 aliphatic carbocycles. The average molecular weight is 236 g/mol. The molecule has 1 rings (SSSR count). The minimum absolute atomic E-state index is 0.236. The first kappa shape index (κ1) is 13.6. The molecule has 0 amide bonds. The molecule has 1 N–H and O–H groups in total. The SMILES string of the molecule is Cc1ccc(C(=O)O)c(OCCCC(C)C)c1. The van der Waals surface area contributed by atoms with Crippen LogP contribution in [0, 0.1) is 12.8 Å². The Bertz CT molecular complexity index is 383. The summed E-state index contributed by atoms with van der Waals surface area (Å²) in [5.41, 5.74) is 1.24. The normalized spacial score (nSPS) is 10.6. The summed E-state index contributed by atoms with van der Waals surface area (Å²) in [7, 11) is 0. The lowest BCUT2D eigenvalue weighted by atomic mass is 10.1. The molecule has 0 aromatic heterocycles. The van der Waals surface area contributed by atoms with Crippen molar-refractivity contribution in [1.82, 2.24) is 0 Å². The van der Waals surface area contributed by atoms with Gasteiger partial charge in [0.15, 0.2) is 0 Å². The second-order valence-corrected chi connectivity index (χ2v) is 4.69. The first-order valence-electron chi connectivity index (χ1n) is 5.97. The Labute approximate surface area is 102 Å². The first-order valence-corrected chi connectivity index (χ1v) is 5.97. The monoisotopic (exact) mass is 236 g/mol. The van der Waals surface area contributed by atoms with Crippen LogP contribution in [0.15, 0.2) is 18.2 Å². The molecule has 1 aromatic carbocycles. The van der Waals surface area contributed by atoms with E-state index in [0.29, 0.717) is 18.3 Å². The van der Waals surface area contributed by atoms with E-state index in [4.69, 9.17) is 9.84 Å². The highest BCUT2D eigenvalue weighted by atomic mass is 16.5. The summed E-state index contributed by atoms with van der Waals surface area (Å²) in [5, 5.41) is 9.02. The van der Waals surface area contributed by atoms with Gasteiger partial charge in [-0.2, -0.15) is 0 Å². The first-order chi connectivity index (χ1) is 8.00. The lowest BCUT2D eigenvalue weighted by Gasteiger charge is -2.10. The van der Waals surface area contributed by atoms with E-state index in [1.165, 1.54) is 0 Å². The molecule has 0 atom stereocenters. The summed E-state index contributed by atoms with van der Waals surface area (Å²) in [6, 6.07) is 5.15. The van der Waals surface area contributed by atoms with Crippen LogP contribution in [0.25, 0.3) is 0 Å². The molecule has 0 aliphatic heterocycles. The fraction of sp³-hybridized carbons (Fsp3) is 0.500. The standard InChI is InChI=1S/C14H20O3/c1-10(2)5-4-8-17-13-9-11(3)6-7-12(13)14(15)16/h6-7,9-10H,4-5,8H2,1-3H3,(H,15,16). The zero-order valence-corrected chi connectivity index (χ0v) is 10.7. The van der Waals surface area contributed by atoms with E-state index in [-0.39, 0.29) is 5.56 Å². The third-order valence-corrected chi connectivity index (χ3v) is 2.55. The van der Waals surface area contributed by atoms with Crippen LogP contribution in [0.1, 0.15) is 42.6 Å². The fourth-order valence-electron chi connectivity index (χ4n) is 1.60. The average Bonchev–Trinajstić information content (AvgIpc) is 2.23. The van der Waals surface area contributed by atoms with Gasteiger partial charge >= 0.3 is 5.97 Å². The highest BCUT2D eigenvalue weighted by molar-refractivity contribution is 5.90. The molecule has 0 saturated heterocycles. The van der Waals surface area contributed by atoms with E-state index >= 15 is 0 Å². The van der Waals surface area contributed by atoms with Crippen LogP contribution in [0.5, 0.6) is 5.75 Å². The van der Waals surface area contributed by atoms with Crippen LogP contribution >= 0.6 is 0 Å². The van der Waals surface area contributed by atoms with Crippen molar-refractivity contribution in [2.24, 2.45) is 5.92 Å². The number of hydrogen-bond donors (Lipinski definition) is 1. The molecule has 3 nitrogen and oxygen atoms in total. The summed E-state index contributed by atoms with van der Waals surface area (Å²) >= 11 is 0. The molecule has 0 spiro atoms. The second kappa shape index (κ2) is 6.28. The van der Waals surface area contributed by atoms with E-state index < -0.39 is 5.97 Å². The van der Waals surface area contributed by atoms with Gasteiger partial charge in [0.25, 0.3) is 0 Å². The Morgan fingerprint density at radius 1 is 1.41 bits per heavy atom. The van der Waals surface area contributed by atoms with Gasteiger partial charge in [-0.25, -0.2) is 4.79 Å². The maximum Gasteiger partial charge on any atom is 0.339 e. The second-order valence-electron chi connectivity index (χ2n) is 4.69. The lowest BCUT2D eigenvalue weighted by molar-refractivity contribution is 0.0692. The van der Waals surface area contributed by atoms with Crippen LogP contribution in [0.4, 0.5) is 0 Å². The summed E-state index contributed by atoms with van der Waals surface area (Å²) in [6.45, 7) is 6.82. The smallest absolute Gasteiger partial charge is 0.339 e. The van der Waals surface area contributed by atoms with Crippen molar-refractivity contribution in [2.45, 2.75) is 33.6 Å². The van der Waals surface area contributed by atoms with Gasteiger partial charge in [-0.05, 0) is 43.4 Å². The Balaban J connectivity index is 2.62. The van der Waals surface area contributed by atoms with Crippen molar-refractivity contribution < 1.29 is 14.6 Å². The number of aryl methyl sites for hydroxylation is 1. The van der Waals surface area contributed by atoms with E-state index in [1.54, 1.807) is 18.2 Å². The largest absolute Gasteiger partial charge is 0.493 e. The maximum atomic E-state index is 11.0. The Morgan fingerprint density at radius 2 is 2.12 bits per heavy atom. The summed E-state index contributed by atoms with van der Waals surface area (Å²) in [4.78, 5) is 11.0. The highest BCUT2D eigenvalue weighted by Crippen LogP contribution is 2.20. The third kappa shape index (κ3) is 4.47. The maximum absolute atomic E-state index is 11.0. The van der Waals surface area contributed by atoms with Crippen molar-refractivity contribution in [3.63, 3.8) is 0 Å². The number of carbonyl (C=O) groups is 1. The van der Waals surface area contributed by atoms with Gasteiger partial charge in [0.1, 0.15) is 11.3 Å². The number of aromatic carboxylic acids is 1. The Morgan fingerprint density at radius 3 is 2.71 bits per heavy atom. The van der Waals surface area contributed by atoms with Gasteiger partial charge in [-0.1, -0.05) is 19.9 Å². The molecular weight excluding hydrogens is 216 g/mol. The van der Waals surface area contributed by atoms with Crippen molar-refractivity contribution in [3.8, 4) is 5.75 Å². The minimum atomic E-state index is -0.941. The Kier molecular flexibility index (Phi) is 5.01. The number of carboxylic acids is 1. The molecular formula is C14H20O3. The predicted octanol–water partition coefficient (Wildman–Crippen LogP) is 3.51. The number of ether oxygens (including phenoxy) is 1. The topological polar surface area (TPSA) is 46.5 Å². The molecule has 0 saturated carbocycles. The number of hydrogen-bond acceptors (Lipinski definition) is 2. The number of carboxylic acid groups (broad SMARTS) is 1. The number of rotatable bonds is 6. The lowest BCUT2D eigenvalue weighted by Crippen LogP contribution is -2.05. The zero-order valence-electron chi connectivity index (χ0n) is 10.7. The van der Waals surface area contributed by atoms with Crippen molar-refractivity contribution in [1.29, 1.82) is 0 Å². The quantitative estimate of drug-likeness (QED) is 0.769. The van der Waals surface area contributed by atoms with E-state index in [9.17, 15) is 4.79 Å². The molecule has 3 heteroatoms. The fourth-order valence-corrected chi connectivity index (χ4v) is 1.60. The van der Waals surface area contributed by atoms with Gasteiger partial charge in [-0.15, -0.1) is 0 Å². The van der Waals surface area contributed by atoms with Gasteiger partial charge in [0, 0.05) is 0 Å². The zero-order chi connectivity index (χ0) is 12.8. The molecule has 0 aliphatic rings. The van der Waals surface area contributed by atoms with Crippen molar-refractivity contribution in [3.05, 3.63) is 29.3 Å². The van der Waals surface area contributed by atoms with Crippen LogP contribution in [-0.2, 0) is 0 Å². The molecule has 1 aromatic rings. The number of benzene rings is 1.